The molecule has 2 aliphatic rings. The number of benzene rings is 9. The molecule has 0 bridgehead atoms. The second-order valence-corrected chi connectivity index (χ2v) is 16.4. The van der Waals surface area contributed by atoms with Gasteiger partial charge >= 0.3 is 0 Å². The Balaban J connectivity index is 1.19. The van der Waals surface area contributed by atoms with Gasteiger partial charge in [0, 0.05) is 27.9 Å². The molecule has 2 heteroatoms. The average molecular weight is 753 g/mol. The standard InChI is InChI=1S/C57H40N2/c1-56(2)52-34-39-18-10-9-17-38(39)33-50(52)48-32-30-43(35-53(48)56)59(55-28-16-14-26-49(55)45-24-12-11-19-40(45)37-58)44-29-31-47-46-25-13-15-27-51(46)57(54(47)36-44,41-20-5-3-6-21-41)42-22-7-4-8-23-42/h3-36H,1-2H3. The third-order valence-electron chi connectivity index (χ3n) is 13.0. The minimum absolute atomic E-state index is 0.224. The number of para-hydroxylation sites is 1. The lowest BCUT2D eigenvalue weighted by atomic mass is 9.67. The molecule has 278 valence electrons. The van der Waals surface area contributed by atoms with Crippen LogP contribution < -0.4 is 4.90 Å². The largest absolute Gasteiger partial charge is 0.310 e. The molecule has 0 fully saturated rings. The summed E-state index contributed by atoms with van der Waals surface area (Å²) in [6, 6.07) is 77.4. The van der Waals surface area contributed by atoms with Gasteiger partial charge < -0.3 is 4.90 Å². The molecule has 0 radical (unpaired) electrons. The van der Waals surface area contributed by atoms with Crippen molar-refractivity contribution in [2.45, 2.75) is 24.7 Å². The van der Waals surface area contributed by atoms with Gasteiger partial charge in [-0.3, -0.25) is 0 Å². The Labute approximate surface area is 345 Å². The molecule has 0 heterocycles. The van der Waals surface area contributed by atoms with Crippen molar-refractivity contribution in [2.24, 2.45) is 0 Å². The van der Waals surface area contributed by atoms with Crippen LogP contribution in [0.2, 0.25) is 0 Å². The maximum Gasteiger partial charge on any atom is 0.0998 e. The summed E-state index contributed by atoms with van der Waals surface area (Å²) in [7, 11) is 0. The van der Waals surface area contributed by atoms with Crippen molar-refractivity contribution in [1.82, 2.24) is 0 Å². The number of nitrogens with zero attached hydrogens (tertiary/aromatic N) is 2. The highest BCUT2D eigenvalue weighted by Gasteiger charge is 2.46. The van der Waals surface area contributed by atoms with E-state index in [1.165, 1.54) is 66.4 Å². The SMILES string of the molecule is CC1(C)c2cc(N(c3ccc4c(c3)C(c3ccccc3)(c3ccccc3)c3ccccc3-4)c3ccccc3-c3ccccc3C#N)ccc2-c2cc3ccccc3cc21. The van der Waals surface area contributed by atoms with Gasteiger partial charge in [0.2, 0.25) is 0 Å². The summed E-state index contributed by atoms with van der Waals surface area (Å²) < 4.78 is 0. The highest BCUT2D eigenvalue weighted by atomic mass is 15.1. The van der Waals surface area contributed by atoms with Gasteiger partial charge in [-0.15, -0.1) is 0 Å². The summed E-state index contributed by atoms with van der Waals surface area (Å²) in [5.74, 6) is 0. The summed E-state index contributed by atoms with van der Waals surface area (Å²) in [5.41, 5.74) is 17.6. The molecule has 0 amide bonds. The fourth-order valence-corrected chi connectivity index (χ4v) is 10.3. The Morgan fingerprint density at radius 1 is 0.390 bits per heavy atom. The van der Waals surface area contributed by atoms with E-state index in [4.69, 9.17) is 0 Å². The third kappa shape index (κ3) is 5.12. The maximum absolute atomic E-state index is 10.4. The number of nitriles is 1. The van der Waals surface area contributed by atoms with Gasteiger partial charge in [-0.2, -0.15) is 5.26 Å². The molecular formula is C57H40N2. The monoisotopic (exact) mass is 752 g/mol. The van der Waals surface area contributed by atoms with E-state index in [2.05, 4.69) is 213 Å². The molecule has 9 aromatic carbocycles. The number of rotatable bonds is 6. The van der Waals surface area contributed by atoms with Crippen molar-refractivity contribution in [3.63, 3.8) is 0 Å². The lowest BCUT2D eigenvalue weighted by Gasteiger charge is -2.35. The molecule has 2 nitrogen and oxygen atoms in total. The van der Waals surface area contributed by atoms with Gasteiger partial charge in [-0.05, 0) is 115 Å². The molecule has 0 atom stereocenters. The first kappa shape index (κ1) is 34.8. The lowest BCUT2D eigenvalue weighted by molar-refractivity contribution is 0.661. The Hall–Kier alpha value is -7.47. The van der Waals surface area contributed by atoms with E-state index < -0.39 is 5.41 Å². The van der Waals surface area contributed by atoms with Gasteiger partial charge in [-0.25, -0.2) is 0 Å². The second kappa shape index (κ2) is 13.3. The van der Waals surface area contributed by atoms with Crippen molar-refractivity contribution in [1.29, 1.82) is 5.26 Å². The quantitative estimate of drug-likeness (QED) is 0.169. The van der Waals surface area contributed by atoms with Gasteiger partial charge in [-0.1, -0.05) is 172 Å². The van der Waals surface area contributed by atoms with E-state index in [9.17, 15) is 5.26 Å². The first-order valence-electron chi connectivity index (χ1n) is 20.4. The van der Waals surface area contributed by atoms with Crippen LogP contribution in [-0.2, 0) is 10.8 Å². The molecule has 9 aromatic rings. The van der Waals surface area contributed by atoms with E-state index in [-0.39, 0.29) is 5.41 Å². The molecular weight excluding hydrogens is 713 g/mol. The predicted molar refractivity (Wildman–Crippen MR) is 244 cm³/mol. The molecule has 0 saturated heterocycles. The van der Waals surface area contributed by atoms with E-state index >= 15 is 0 Å². The van der Waals surface area contributed by atoms with E-state index in [1.54, 1.807) is 0 Å². The van der Waals surface area contributed by atoms with Gasteiger partial charge in [0.15, 0.2) is 0 Å². The van der Waals surface area contributed by atoms with Crippen LogP contribution in [0.4, 0.5) is 17.1 Å². The fraction of sp³-hybridized carbons (Fsp3) is 0.0702. The second-order valence-electron chi connectivity index (χ2n) is 16.4. The zero-order valence-corrected chi connectivity index (χ0v) is 33.0. The highest BCUT2D eigenvalue weighted by Crippen LogP contribution is 2.58. The lowest BCUT2D eigenvalue weighted by Crippen LogP contribution is -2.28. The van der Waals surface area contributed by atoms with E-state index in [0.29, 0.717) is 5.56 Å². The molecule has 2 aliphatic carbocycles. The maximum atomic E-state index is 10.4. The Kier molecular flexibility index (Phi) is 7.84. The van der Waals surface area contributed by atoms with Crippen molar-refractivity contribution in [2.75, 3.05) is 4.90 Å². The van der Waals surface area contributed by atoms with Crippen molar-refractivity contribution < 1.29 is 0 Å². The summed E-state index contributed by atoms with van der Waals surface area (Å²) in [5, 5.41) is 12.9. The summed E-state index contributed by atoms with van der Waals surface area (Å²) in [6.07, 6.45) is 0. The zero-order valence-electron chi connectivity index (χ0n) is 33.0. The number of anilines is 3. The zero-order chi connectivity index (χ0) is 39.7. The van der Waals surface area contributed by atoms with Crippen LogP contribution in [0.3, 0.4) is 0 Å². The third-order valence-corrected chi connectivity index (χ3v) is 13.0. The molecule has 0 aromatic heterocycles. The van der Waals surface area contributed by atoms with Crippen LogP contribution in [0, 0.1) is 11.3 Å². The number of fused-ring (bicyclic) bond motifs is 7. The Bertz CT molecular complexity index is 3110. The minimum atomic E-state index is -0.549. The fourth-order valence-electron chi connectivity index (χ4n) is 10.3. The first-order chi connectivity index (χ1) is 29.0. The average Bonchev–Trinajstić information content (AvgIpc) is 3.71. The number of hydrogen-bond donors (Lipinski definition) is 0. The van der Waals surface area contributed by atoms with E-state index in [0.717, 1.165) is 28.2 Å². The van der Waals surface area contributed by atoms with Crippen LogP contribution in [0.15, 0.2) is 206 Å². The van der Waals surface area contributed by atoms with E-state index in [1.807, 2.05) is 18.2 Å². The molecule has 0 N–H and O–H groups in total. The molecule has 0 spiro atoms. The predicted octanol–water partition coefficient (Wildman–Crippen LogP) is 14.5. The van der Waals surface area contributed by atoms with Crippen LogP contribution in [-0.4, -0.2) is 0 Å². The molecule has 59 heavy (non-hydrogen) atoms. The minimum Gasteiger partial charge on any atom is -0.310 e. The van der Waals surface area contributed by atoms with Gasteiger partial charge in [0.25, 0.3) is 0 Å². The van der Waals surface area contributed by atoms with Crippen molar-refractivity contribution in [3.05, 3.63) is 245 Å². The van der Waals surface area contributed by atoms with Gasteiger partial charge in [0.1, 0.15) is 0 Å². The smallest absolute Gasteiger partial charge is 0.0998 e. The van der Waals surface area contributed by atoms with Gasteiger partial charge in [0.05, 0.1) is 22.7 Å². The number of hydrogen-bond acceptors (Lipinski definition) is 2. The summed E-state index contributed by atoms with van der Waals surface area (Å²) >= 11 is 0. The molecule has 0 saturated carbocycles. The molecule has 0 unspecified atom stereocenters. The van der Waals surface area contributed by atoms with Crippen molar-refractivity contribution >= 4 is 27.8 Å². The first-order valence-corrected chi connectivity index (χ1v) is 20.4. The van der Waals surface area contributed by atoms with Crippen LogP contribution >= 0.6 is 0 Å². The normalized spacial score (nSPS) is 13.8. The van der Waals surface area contributed by atoms with Crippen molar-refractivity contribution in [3.8, 4) is 39.4 Å². The summed E-state index contributed by atoms with van der Waals surface area (Å²) in [6.45, 7) is 4.72. The molecule has 0 aliphatic heterocycles. The van der Waals surface area contributed by atoms with Crippen LogP contribution in [0.1, 0.15) is 52.8 Å². The van der Waals surface area contributed by atoms with Crippen LogP contribution in [0.5, 0.6) is 0 Å². The molecule has 11 rings (SSSR count). The Morgan fingerprint density at radius 3 is 1.56 bits per heavy atom. The highest BCUT2D eigenvalue weighted by molar-refractivity contribution is 5.97. The topological polar surface area (TPSA) is 27.0 Å². The summed E-state index contributed by atoms with van der Waals surface area (Å²) in [4.78, 5) is 2.42. The van der Waals surface area contributed by atoms with Crippen LogP contribution in [0.25, 0.3) is 44.2 Å². The Morgan fingerprint density at radius 2 is 0.881 bits per heavy atom.